The van der Waals surface area contributed by atoms with E-state index in [0.717, 1.165) is 23.4 Å². The average molecular weight is 367 g/mol. The minimum atomic E-state index is -0.270. The van der Waals surface area contributed by atoms with Crippen molar-refractivity contribution in [2.45, 2.75) is 24.5 Å². The molecular weight excluding hydrogens is 349 g/mol. The maximum atomic E-state index is 13.0. The lowest BCUT2D eigenvalue weighted by Gasteiger charge is -2.22. The van der Waals surface area contributed by atoms with Crippen LogP contribution in [-0.4, -0.2) is 27.7 Å². The Labute approximate surface area is 155 Å². The quantitative estimate of drug-likeness (QED) is 0.700. The number of thioether (sulfide) groups is 1. The van der Waals surface area contributed by atoms with Crippen LogP contribution >= 0.6 is 11.8 Å². The van der Waals surface area contributed by atoms with Crippen LogP contribution in [0.1, 0.15) is 12.5 Å². The first-order chi connectivity index (χ1) is 12.6. The smallest absolute Gasteiger partial charge is 0.237 e. The summed E-state index contributed by atoms with van der Waals surface area (Å²) in [7, 11) is 0. The van der Waals surface area contributed by atoms with Gasteiger partial charge >= 0.3 is 0 Å². The summed E-state index contributed by atoms with van der Waals surface area (Å²) < 4.78 is 13.0. The fourth-order valence-electron chi connectivity index (χ4n) is 3.30. The van der Waals surface area contributed by atoms with Crippen molar-refractivity contribution < 1.29 is 9.18 Å². The summed E-state index contributed by atoms with van der Waals surface area (Å²) in [6.45, 7) is 2.07. The molecule has 4 rings (SSSR count). The van der Waals surface area contributed by atoms with Crippen molar-refractivity contribution in [2.24, 2.45) is 0 Å². The largest absolute Gasteiger partial charge is 0.333 e. The van der Waals surface area contributed by atoms with Crippen LogP contribution < -0.4 is 4.90 Å². The number of aromatic amines is 1. The van der Waals surface area contributed by atoms with Crippen molar-refractivity contribution in [1.29, 1.82) is 0 Å². The SMILES string of the molecule is CC1Cc2ccccc2N1C(=O)CSc1ncc(-c2ccc(F)cc2)[nH]1. The van der Waals surface area contributed by atoms with Crippen LogP contribution in [0.15, 0.2) is 59.9 Å². The fourth-order valence-corrected chi connectivity index (χ4v) is 4.01. The molecule has 0 radical (unpaired) electrons. The lowest BCUT2D eigenvalue weighted by atomic mass is 10.1. The number of carbonyl (C=O) groups excluding carboxylic acids is 1. The fraction of sp³-hybridized carbons (Fsp3) is 0.200. The zero-order valence-electron chi connectivity index (χ0n) is 14.3. The number of para-hydroxylation sites is 1. The van der Waals surface area contributed by atoms with E-state index in [1.165, 1.54) is 29.5 Å². The van der Waals surface area contributed by atoms with Crippen LogP contribution in [-0.2, 0) is 11.2 Å². The van der Waals surface area contributed by atoms with Crippen molar-refractivity contribution in [3.8, 4) is 11.3 Å². The van der Waals surface area contributed by atoms with Gasteiger partial charge in [0.2, 0.25) is 5.91 Å². The zero-order chi connectivity index (χ0) is 18.1. The molecule has 0 bridgehead atoms. The van der Waals surface area contributed by atoms with E-state index in [-0.39, 0.29) is 17.8 Å². The van der Waals surface area contributed by atoms with Gasteiger partial charge in [0.15, 0.2) is 5.16 Å². The summed E-state index contributed by atoms with van der Waals surface area (Å²) in [6, 6.07) is 14.5. The van der Waals surface area contributed by atoms with E-state index in [1.807, 2.05) is 23.1 Å². The molecule has 132 valence electrons. The Kier molecular flexibility index (Phi) is 4.51. The third-order valence-corrected chi connectivity index (χ3v) is 5.39. The molecule has 0 saturated carbocycles. The number of rotatable bonds is 4. The number of amides is 1. The Hall–Kier alpha value is -2.60. The van der Waals surface area contributed by atoms with Crippen LogP contribution in [0.2, 0.25) is 0 Å². The van der Waals surface area contributed by atoms with Gasteiger partial charge in [0.05, 0.1) is 17.6 Å². The number of imidazole rings is 1. The molecule has 26 heavy (non-hydrogen) atoms. The summed E-state index contributed by atoms with van der Waals surface area (Å²) in [4.78, 5) is 22.1. The zero-order valence-corrected chi connectivity index (χ0v) is 15.1. The van der Waals surface area contributed by atoms with Crippen LogP contribution in [0.3, 0.4) is 0 Å². The number of nitrogens with one attached hydrogen (secondary N) is 1. The van der Waals surface area contributed by atoms with Gasteiger partial charge in [-0.05, 0) is 54.8 Å². The number of carbonyl (C=O) groups is 1. The second-order valence-corrected chi connectivity index (χ2v) is 7.31. The number of halogens is 1. The van der Waals surface area contributed by atoms with Crippen LogP contribution in [0.25, 0.3) is 11.3 Å². The number of aromatic nitrogens is 2. The van der Waals surface area contributed by atoms with Gasteiger partial charge in [0.1, 0.15) is 5.82 Å². The number of H-pyrrole nitrogens is 1. The maximum Gasteiger partial charge on any atom is 0.237 e. The van der Waals surface area contributed by atoms with Gasteiger partial charge in [0.25, 0.3) is 0 Å². The van der Waals surface area contributed by atoms with Crippen molar-refractivity contribution in [3.63, 3.8) is 0 Å². The van der Waals surface area contributed by atoms with Gasteiger partial charge < -0.3 is 9.88 Å². The Morgan fingerprint density at radius 1 is 1.27 bits per heavy atom. The molecule has 6 heteroatoms. The van der Waals surface area contributed by atoms with Crippen LogP contribution in [0.4, 0.5) is 10.1 Å². The highest BCUT2D eigenvalue weighted by Gasteiger charge is 2.30. The molecule has 2 aromatic carbocycles. The molecule has 4 nitrogen and oxygen atoms in total. The Morgan fingerprint density at radius 3 is 2.85 bits per heavy atom. The molecule has 1 atom stereocenters. The van der Waals surface area contributed by atoms with Gasteiger partial charge in [-0.3, -0.25) is 4.79 Å². The molecule has 0 fully saturated rings. The van der Waals surface area contributed by atoms with E-state index >= 15 is 0 Å². The predicted molar refractivity (Wildman–Crippen MR) is 102 cm³/mol. The number of fused-ring (bicyclic) bond motifs is 1. The highest BCUT2D eigenvalue weighted by Crippen LogP contribution is 2.32. The molecule has 1 amide bonds. The maximum absolute atomic E-state index is 13.0. The number of hydrogen-bond donors (Lipinski definition) is 1. The van der Waals surface area contributed by atoms with Crippen LogP contribution in [0, 0.1) is 5.82 Å². The highest BCUT2D eigenvalue weighted by atomic mass is 32.2. The Balaban J connectivity index is 1.43. The van der Waals surface area contributed by atoms with Gasteiger partial charge in [0, 0.05) is 11.7 Å². The molecule has 0 aliphatic carbocycles. The topological polar surface area (TPSA) is 49.0 Å². The van der Waals surface area contributed by atoms with Crippen molar-refractivity contribution in [3.05, 3.63) is 66.1 Å². The molecule has 0 spiro atoms. The Bertz CT molecular complexity index is 938. The number of anilines is 1. The van der Waals surface area contributed by atoms with Crippen molar-refractivity contribution >= 4 is 23.4 Å². The monoisotopic (exact) mass is 367 g/mol. The predicted octanol–water partition coefficient (Wildman–Crippen LogP) is 4.29. The number of nitrogens with zero attached hydrogens (tertiary/aromatic N) is 2. The van der Waals surface area contributed by atoms with Crippen molar-refractivity contribution in [1.82, 2.24) is 9.97 Å². The molecule has 1 aliphatic rings. The second kappa shape index (κ2) is 6.96. The molecule has 1 aliphatic heterocycles. The molecule has 1 N–H and O–H groups in total. The summed E-state index contributed by atoms with van der Waals surface area (Å²) >= 11 is 1.38. The molecule has 0 saturated heterocycles. The van der Waals surface area contributed by atoms with E-state index < -0.39 is 0 Å². The normalized spacial score (nSPS) is 15.9. The van der Waals surface area contributed by atoms with Gasteiger partial charge in [-0.1, -0.05) is 30.0 Å². The minimum Gasteiger partial charge on any atom is -0.333 e. The third kappa shape index (κ3) is 3.24. The average Bonchev–Trinajstić information content (AvgIpc) is 3.24. The third-order valence-electron chi connectivity index (χ3n) is 4.52. The molecule has 3 aromatic rings. The Morgan fingerprint density at radius 2 is 2.04 bits per heavy atom. The first kappa shape index (κ1) is 16.8. The van der Waals surface area contributed by atoms with Crippen molar-refractivity contribution in [2.75, 3.05) is 10.7 Å². The molecule has 1 unspecified atom stereocenters. The summed E-state index contributed by atoms with van der Waals surface area (Å²) in [5.41, 5.74) is 3.89. The molecular formula is C20H18FN3OS. The lowest BCUT2D eigenvalue weighted by Crippen LogP contribution is -2.36. The van der Waals surface area contributed by atoms with E-state index in [1.54, 1.807) is 18.3 Å². The standard InChI is InChI=1S/C20H18FN3OS/c1-13-10-15-4-2-3-5-18(15)24(13)19(25)12-26-20-22-11-17(23-20)14-6-8-16(21)9-7-14/h2-9,11,13H,10,12H2,1H3,(H,22,23). The summed E-state index contributed by atoms with van der Waals surface area (Å²) in [5.74, 6) is 0.121. The van der Waals surface area contributed by atoms with E-state index in [9.17, 15) is 9.18 Å². The highest BCUT2D eigenvalue weighted by molar-refractivity contribution is 7.99. The summed E-state index contributed by atoms with van der Waals surface area (Å²) in [6.07, 6.45) is 2.59. The first-order valence-electron chi connectivity index (χ1n) is 8.45. The summed E-state index contributed by atoms with van der Waals surface area (Å²) in [5, 5.41) is 0.679. The van der Waals surface area contributed by atoms with Gasteiger partial charge in [-0.15, -0.1) is 0 Å². The minimum absolute atomic E-state index is 0.0761. The second-order valence-electron chi connectivity index (χ2n) is 6.34. The van der Waals surface area contributed by atoms with E-state index in [0.29, 0.717) is 10.9 Å². The lowest BCUT2D eigenvalue weighted by molar-refractivity contribution is -0.116. The van der Waals surface area contributed by atoms with E-state index in [4.69, 9.17) is 0 Å². The van der Waals surface area contributed by atoms with Crippen LogP contribution in [0.5, 0.6) is 0 Å². The van der Waals surface area contributed by atoms with Gasteiger partial charge in [-0.25, -0.2) is 9.37 Å². The first-order valence-corrected chi connectivity index (χ1v) is 9.44. The number of hydrogen-bond acceptors (Lipinski definition) is 3. The van der Waals surface area contributed by atoms with Gasteiger partial charge in [-0.2, -0.15) is 0 Å². The number of benzene rings is 2. The van der Waals surface area contributed by atoms with E-state index in [2.05, 4.69) is 23.0 Å². The molecule has 1 aromatic heterocycles. The molecule has 2 heterocycles.